The number of hydrogen-bond donors (Lipinski definition) is 2. The Balaban J connectivity index is 1.63. The Hall–Kier alpha value is -1.55. The predicted molar refractivity (Wildman–Crippen MR) is 88.1 cm³/mol. The lowest BCUT2D eigenvalue weighted by Crippen LogP contribution is -3.10. The van der Waals surface area contributed by atoms with E-state index in [1.807, 2.05) is 37.4 Å². The molecule has 0 saturated heterocycles. The van der Waals surface area contributed by atoms with E-state index < -0.39 is 0 Å². The van der Waals surface area contributed by atoms with Gasteiger partial charge < -0.3 is 15.0 Å². The first-order valence-electron chi connectivity index (χ1n) is 8.43. The quantitative estimate of drug-likeness (QED) is 0.797. The van der Waals surface area contributed by atoms with Gasteiger partial charge in [-0.2, -0.15) is 0 Å². The van der Waals surface area contributed by atoms with Crippen molar-refractivity contribution in [1.82, 2.24) is 5.32 Å². The number of amides is 1. The number of likely N-dealkylation sites (N-methyl/N-ethyl adjacent to an activating group) is 1. The molecular weight excluding hydrogens is 276 g/mol. The van der Waals surface area contributed by atoms with Crippen molar-refractivity contribution in [3.63, 3.8) is 0 Å². The molecule has 0 aromatic heterocycles. The molecule has 1 aromatic rings. The van der Waals surface area contributed by atoms with Gasteiger partial charge in [0.1, 0.15) is 18.9 Å². The third-order valence-corrected chi connectivity index (χ3v) is 4.46. The zero-order valence-corrected chi connectivity index (χ0v) is 13.8. The van der Waals surface area contributed by atoms with Crippen LogP contribution in [-0.4, -0.2) is 38.7 Å². The SMILES string of the molecule is C[C@@H]1CCCC[C@H]1NC(=O)C[NH+](C)CCOc1ccccc1. The summed E-state index contributed by atoms with van der Waals surface area (Å²) in [5, 5.41) is 3.21. The van der Waals surface area contributed by atoms with Crippen LogP contribution in [0, 0.1) is 5.92 Å². The van der Waals surface area contributed by atoms with Gasteiger partial charge in [-0.3, -0.25) is 4.79 Å². The normalized spacial score (nSPS) is 22.8. The Morgan fingerprint density at radius 2 is 2.00 bits per heavy atom. The monoisotopic (exact) mass is 305 g/mol. The molecule has 4 heteroatoms. The highest BCUT2D eigenvalue weighted by molar-refractivity contribution is 5.77. The zero-order valence-electron chi connectivity index (χ0n) is 13.8. The second-order valence-electron chi connectivity index (χ2n) is 6.48. The molecular formula is C18H29N2O2+. The van der Waals surface area contributed by atoms with E-state index in [-0.39, 0.29) is 5.91 Å². The van der Waals surface area contributed by atoms with Crippen molar-refractivity contribution in [1.29, 1.82) is 0 Å². The third-order valence-electron chi connectivity index (χ3n) is 4.46. The molecule has 1 amide bonds. The van der Waals surface area contributed by atoms with E-state index >= 15 is 0 Å². The van der Waals surface area contributed by atoms with E-state index in [9.17, 15) is 4.79 Å². The molecule has 0 radical (unpaired) electrons. The van der Waals surface area contributed by atoms with Gasteiger partial charge in [0.15, 0.2) is 6.54 Å². The van der Waals surface area contributed by atoms with Crippen LogP contribution in [0.4, 0.5) is 0 Å². The third kappa shape index (κ3) is 5.68. The highest BCUT2D eigenvalue weighted by atomic mass is 16.5. The van der Waals surface area contributed by atoms with Crippen molar-refractivity contribution in [2.45, 2.75) is 38.6 Å². The summed E-state index contributed by atoms with van der Waals surface area (Å²) in [4.78, 5) is 13.3. The number of carbonyl (C=O) groups excluding carboxylic acids is 1. The van der Waals surface area contributed by atoms with Gasteiger partial charge in [0.25, 0.3) is 5.91 Å². The molecule has 1 saturated carbocycles. The predicted octanol–water partition coefficient (Wildman–Crippen LogP) is 1.28. The molecule has 2 rings (SSSR count). The van der Waals surface area contributed by atoms with Crippen LogP contribution in [0.2, 0.25) is 0 Å². The van der Waals surface area contributed by atoms with Gasteiger partial charge in [0.2, 0.25) is 0 Å². The molecule has 0 spiro atoms. The number of quaternary nitrogens is 1. The molecule has 0 heterocycles. The number of rotatable bonds is 7. The molecule has 1 unspecified atom stereocenters. The maximum Gasteiger partial charge on any atom is 0.275 e. The molecule has 2 N–H and O–H groups in total. The van der Waals surface area contributed by atoms with E-state index in [0.29, 0.717) is 25.1 Å². The fourth-order valence-corrected chi connectivity index (χ4v) is 3.01. The van der Waals surface area contributed by atoms with Gasteiger partial charge in [0, 0.05) is 6.04 Å². The summed E-state index contributed by atoms with van der Waals surface area (Å²) in [6, 6.07) is 10.2. The van der Waals surface area contributed by atoms with Gasteiger partial charge in [0.05, 0.1) is 7.05 Å². The van der Waals surface area contributed by atoms with Gasteiger partial charge in [-0.05, 0) is 30.9 Å². The first kappa shape index (κ1) is 16.8. The maximum absolute atomic E-state index is 12.1. The van der Waals surface area contributed by atoms with Gasteiger partial charge in [-0.15, -0.1) is 0 Å². The lowest BCUT2D eigenvalue weighted by atomic mass is 9.86. The molecule has 0 aliphatic heterocycles. The standard InChI is InChI=1S/C18H28N2O2/c1-15-8-6-7-11-17(15)19-18(21)14-20(2)12-13-22-16-9-4-3-5-10-16/h3-5,9-10,15,17H,6-8,11-14H2,1-2H3,(H,19,21)/p+1/t15-,17-/m1/s1. The van der Waals surface area contributed by atoms with Crippen molar-refractivity contribution in [2.24, 2.45) is 5.92 Å². The highest BCUT2D eigenvalue weighted by Crippen LogP contribution is 2.23. The lowest BCUT2D eigenvalue weighted by molar-refractivity contribution is -0.871. The first-order chi connectivity index (χ1) is 10.6. The molecule has 1 fully saturated rings. The average Bonchev–Trinajstić information content (AvgIpc) is 2.50. The maximum atomic E-state index is 12.1. The number of benzene rings is 1. The second kappa shape index (κ2) is 8.79. The minimum Gasteiger partial charge on any atom is -0.488 e. The molecule has 3 atom stereocenters. The Labute approximate surface area is 133 Å². The van der Waals surface area contributed by atoms with E-state index in [4.69, 9.17) is 4.74 Å². The summed E-state index contributed by atoms with van der Waals surface area (Å²) in [5.41, 5.74) is 0. The fraction of sp³-hybridized carbons (Fsp3) is 0.611. The van der Waals surface area contributed by atoms with Crippen molar-refractivity contribution < 1.29 is 14.4 Å². The minimum absolute atomic E-state index is 0.163. The van der Waals surface area contributed by atoms with Crippen LogP contribution in [0.1, 0.15) is 32.6 Å². The van der Waals surface area contributed by atoms with Gasteiger partial charge in [-0.25, -0.2) is 0 Å². The number of nitrogens with one attached hydrogen (secondary N) is 2. The molecule has 1 aliphatic rings. The van der Waals surface area contributed by atoms with E-state index in [1.54, 1.807) is 0 Å². The van der Waals surface area contributed by atoms with Crippen LogP contribution in [0.5, 0.6) is 5.75 Å². The van der Waals surface area contributed by atoms with E-state index in [0.717, 1.165) is 18.7 Å². The van der Waals surface area contributed by atoms with Crippen LogP contribution in [0.3, 0.4) is 0 Å². The molecule has 0 bridgehead atoms. The van der Waals surface area contributed by atoms with E-state index in [2.05, 4.69) is 12.2 Å². The Kier molecular flexibility index (Phi) is 6.72. The first-order valence-corrected chi connectivity index (χ1v) is 8.43. The highest BCUT2D eigenvalue weighted by Gasteiger charge is 2.23. The number of hydrogen-bond acceptors (Lipinski definition) is 2. The van der Waals surface area contributed by atoms with Crippen molar-refractivity contribution in [2.75, 3.05) is 26.7 Å². The summed E-state index contributed by atoms with van der Waals surface area (Å²) < 4.78 is 5.67. The number of para-hydroxylation sites is 1. The minimum atomic E-state index is 0.163. The van der Waals surface area contributed by atoms with Crippen LogP contribution in [-0.2, 0) is 4.79 Å². The Bertz CT molecular complexity index is 450. The number of ether oxygens (including phenoxy) is 1. The topological polar surface area (TPSA) is 42.8 Å². The summed E-state index contributed by atoms with van der Waals surface area (Å²) in [6.07, 6.45) is 4.90. The van der Waals surface area contributed by atoms with Crippen molar-refractivity contribution in [3.05, 3.63) is 30.3 Å². The fourth-order valence-electron chi connectivity index (χ4n) is 3.01. The summed E-state index contributed by atoms with van der Waals surface area (Å²) in [6.45, 7) is 4.21. The van der Waals surface area contributed by atoms with Crippen LogP contribution in [0.25, 0.3) is 0 Å². The lowest BCUT2D eigenvalue weighted by Gasteiger charge is -2.29. The average molecular weight is 305 g/mol. The van der Waals surface area contributed by atoms with Crippen LogP contribution in [0.15, 0.2) is 30.3 Å². The number of carbonyl (C=O) groups is 1. The molecule has 1 aliphatic carbocycles. The molecule has 22 heavy (non-hydrogen) atoms. The Morgan fingerprint density at radius 1 is 1.27 bits per heavy atom. The van der Waals surface area contributed by atoms with Gasteiger partial charge >= 0.3 is 0 Å². The van der Waals surface area contributed by atoms with Crippen molar-refractivity contribution in [3.8, 4) is 5.75 Å². The zero-order chi connectivity index (χ0) is 15.8. The second-order valence-corrected chi connectivity index (χ2v) is 6.48. The van der Waals surface area contributed by atoms with Crippen LogP contribution < -0.4 is 15.0 Å². The van der Waals surface area contributed by atoms with E-state index in [1.165, 1.54) is 24.2 Å². The summed E-state index contributed by atoms with van der Waals surface area (Å²) in [7, 11) is 2.04. The van der Waals surface area contributed by atoms with Crippen LogP contribution >= 0.6 is 0 Å². The van der Waals surface area contributed by atoms with Gasteiger partial charge in [-0.1, -0.05) is 38.0 Å². The molecule has 4 nitrogen and oxygen atoms in total. The molecule has 1 aromatic carbocycles. The van der Waals surface area contributed by atoms with Crippen molar-refractivity contribution >= 4 is 5.91 Å². The smallest absolute Gasteiger partial charge is 0.275 e. The molecule has 122 valence electrons. The Morgan fingerprint density at radius 3 is 2.73 bits per heavy atom. The summed E-state index contributed by atoms with van der Waals surface area (Å²) in [5.74, 6) is 1.66. The largest absolute Gasteiger partial charge is 0.488 e. The summed E-state index contributed by atoms with van der Waals surface area (Å²) >= 11 is 0.